The van der Waals surface area contributed by atoms with Crippen molar-refractivity contribution in [2.24, 2.45) is 5.73 Å². The highest BCUT2D eigenvalue weighted by molar-refractivity contribution is 6.43. The molecule has 1 atom stereocenters. The molecule has 0 aliphatic carbocycles. The predicted molar refractivity (Wildman–Crippen MR) is 178 cm³/mol. The maximum Gasteiger partial charge on any atom is 0.274 e. The van der Waals surface area contributed by atoms with E-state index in [4.69, 9.17) is 22.7 Å². The lowest BCUT2D eigenvalue weighted by atomic mass is 10.2. The number of anilines is 4. The molecular formula is C30H34ClN11O5. The Morgan fingerprint density at radius 3 is 1.47 bits per heavy atom. The first-order chi connectivity index (χ1) is 22.1. The summed E-state index contributed by atoms with van der Waals surface area (Å²) in [5.41, 5.74) is 7.83. The SMILES string of the molecule is C=C(Cl)C(=O)Nc1c[nH]c(C(=O)N(C)c2c[nH]c(C(=O)N(C)c3c[nH]c(C(=O)N(C)c4c[nH]c(C(=O)N(C)C(C)C(=N)N)c4)c3)c2)c1. The van der Waals surface area contributed by atoms with E-state index in [2.05, 4.69) is 31.8 Å². The number of rotatable bonds is 11. The number of amides is 5. The largest absolute Gasteiger partial charge is 0.386 e. The summed E-state index contributed by atoms with van der Waals surface area (Å²) in [6.07, 6.45) is 5.94. The molecule has 0 radical (unpaired) electrons. The van der Waals surface area contributed by atoms with Gasteiger partial charge in [-0.2, -0.15) is 0 Å². The Morgan fingerprint density at radius 2 is 1.09 bits per heavy atom. The van der Waals surface area contributed by atoms with Crippen LogP contribution in [-0.2, 0) is 4.79 Å². The van der Waals surface area contributed by atoms with Crippen LogP contribution in [0.2, 0.25) is 0 Å². The number of aromatic nitrogens is 4. The second-order valence-corrected chi connectivity index (χ2v) is 11.1. The Bertz CT molecular complexity index is 1880. The van der Waals surface area contributed by atoms with Crippen LogP contribution in [0.1, 0.15) is 48.9 Å². The van der Waals surface area contributed by atoms with E-state index in [-0.39, 0.29) is 33.6 Å². The van der Waals surface area contributed by atoms with E-state index in [0.717, 1.165) is 0 Å². The molecule has 0 aromatic carbocycles. The van der Waals surface area contributed by atoms with Gasteiger partial charge in [-0.15, -0.1) is 0 Å². The number of H-pyrrole nitrogens is 4. The quantitative estimate of drug-likeness (QED) is 0.0725. The van der Waals surface area contributed by atoms with Gasteiger partial charge in [-0.05, 0) is 31.2 Å². The summed E-state index contributed by atoms with van der Waals surface area (Å²) in [6, 6.07) is 5.36. The molecule has 0 saturated carbocycles. The van der Waals surface area contributed by atoms with Crippen LogP contribution in [0.5, 0.6) is 0 Å². The van der Waals surface area contributed by atoms with E-state index in [0.29, 0.717) is 22.7 Å². The Hall–Kier alpha value is -6.03. The Balaban J connectivity index is 1.40. The smallest absolute Gasteiger partial charge is 0.274 e. The normalized spacial score (nSPS) is 11.4. The lowest BCUT2D eigenvalue weighted by Gasteiger charge is -2.23. The van der Waals surface area contributed by atoms with Crippen LogP contribution >= 0.6 is 11.6 Å². The minimum atomic E-state index is -0.607. The molecule has 8 N–H and O–H groups in total. The average Bonchev–Trinajstić information content (AvgIpc) is 3.88. The number of nitrogens with one attached hydrogen (secondary N) is 6. The maximum absolute atomic E-state index is 13.3. The van der Waals surface area contributed by atoms with Crippen molar-refractivity contribution < 1.29 is 24.0 Å². The highest BCUT2D eigenvalue weighted by Crippen LogP contribution is 2.24. The molecule has 246 valence electrons. The van der Waals surface area contributed by atoms with Gasteiger partial charge in [0.15, 0.2) is 0 Å². The van der Waals surface area contributed by atoms with Crippen molar-refractivity contribution in [1.82, 2.24) is 24.8 Å². The second kappa shape index (κ2) is 13.5. The molecule has 4 aromatic rings. The molecule has 16 nitrogen and oxygen atoms in total. The van der Waals surface area contributed by atoms with Gasteiger partial charge in [-0.25, -0.2) is 0 Å². The van der Waals surface area contributed by atoms with Crippen molar-refractivity contribution in [1.29, 1.82) is 5.41 Å². The van der Waals surface area contributed by atoms with Crippen LogP contribution in [0.15, 0.2) is 60.7 Å². The zero-order chi connectivity index (χ0) is 34.7. The van der Waals surface area contributed by atoms with Crippen LogP contribution in [0.25, 0.3) is 0 Å². The van der Waals surface area contributed by atoms with Crippen molar-refractivity contribution in [2.75, 3.05) is 48.2 Å². The summed E-state index contributed by atoms with van der Waals surface area (Å²) in [6.45, 7) is 4.98. The van der Waals surface area contributed by atoms with E-state index in [1.54, 1.807) is 6.92 Å². The lowest BCUT2D eigenvalue weighted by Crippen LogP contribution is -2.43. The molecule has 4 rings (SSSR count). The zero-order valence-electron chi connectivity index (χ0n) is 26.2. The first-order valence-electron chi connectivity index (χ1n) is 13.9. The molecule has 4 heterocycles. The van der Waals surface area contributed by atoms with E-state index in [9.17, 15) is 24.0 Å². The molecule has 5 amide bonds. The number of carbonyl (C=O) groups is 5. The van der Waals surface area contributed by atoms with Crippen molar-refractivity contribution >= 4 is 69.7 Å². The van der Waals surface area contributed by atoms with Gasteiger partial charge in [0.25, 0.3) is 29.5 Å². The van der Waals surface area contributed by atoms with E-state index >= 15 is 0 Å². The fourth-order valence-corrected chi connectivity index (χ4v) is 4.40. The van der Waals surface area contributed by atoms with Gasteiger partial charge < -0.3 is 50.6 Å². The average molecular weight is 664 g/mol. The van der Waals surface area contributed by atoms with Gasteiger partial charge in [-0.3, -0.25) is 29.4 Å². The first-order valence-corrected chi connectivity index (χ1v) is 14.3. The Labute approximate surface area is 274 Å². The number of hydrogen-bond donors (Lipinski definition) is 7. The van der Waals surface area contributed by atoms with Crippen LogP contribution < -0.4 is 25.8 Å². The number of halogens is 1. The van der Waals surface area contributed by atoms with Crippen LogP contribution in [0.4, 0.5) is 22.7 Å². The van der Waals surface area contributed by atoms with Gasteiger partial charge in [-0.1, -0.05) is 18.2 Å². The number of aromatic amines is 4. The van der Waals surface area contributed by atoms with Gasteiger partial charge in [0.2, 0.25) is 0 Å². The number of nitrogens with zero attached hydrogens (tertiary/aromatic N) is 4. The van der Waals surface area contributed by atoms with Crippen molar-refractivity contribution in [2.45, 2.75) is 13.0 Å². The summed E-state index contributed by atoms with van der Waals surface area (Å²) in [5, 5.41) is 9.87. The molecular weight excluding hydrogens is 630 g/mol. The molecule has 1 unspecified atom stereocenters. The first kappa shape index (κ1) is 33.9. The third-order valence-corrected chi connectivity index (χ3v) is 7.71. The molecule has 0 aliphatic heterocycles. The topological polar surface area (TPSA) is 223 Å². The van der Waals surface area contributed by atoms with Crippen LogP contribution in [0, 0.1) is 5.41 Å². The molecule has 0 fully saturated rings. The van der Waals surface area contributed by atoms with Gasteiger partial charge in [0.05, 0.1) is 33.8 Å². The van der Waals surface area contributed by atoms with Crippen LogP contribution in [-0.4, -0.2) is 94.4 Å². The minimum absolute atomic E-state index is 0.156. The Morgan fingerprint density at radius 1 is 0.723 bits per heavy atom. The highest BCUT2D eigenvalue weighted by atomic mass is 35.5. The molecule has 0 spiro atoms. The monoisotopic (exact) mass is 663 g/mol. The number of likely N-dealkylation sites (N-methyl/N-ethyl adjacent to an activating group) is 1. The fourth-order valence-electron chi connectivity index (χ4n) is 4.36. The predicted octanol–water partition coefficient (Wildman–Crippen LogP) is 2.92. The number of amidine groups is 1. The summed E-state index contributed by atoms with van der Waals surface area (Å²) in [4.78, 5) is 80.7. The van der Waals surface area contributed by atoms with Crippen LogP contribution in [0.3, 0.4) is 0 Å². The molecule has 47 heavy (non-hydrogen) atoms. The zero-order valence-corrected chi connectivity index (χ0v) is 26.9. The molecule has 0 aliphatic rings. The van der Waals surface area contributed by atoms with Crippen molar-refractivity contribution in [3.8, 4) is 0 Å². The van der Waals surface area contributed by atoms with Crippen molar-refractivity contribution in [3.05, 3.63) is 83.4 Å². The fraction of sp³-hybridized carbons (Fsp3) is 0.200. The molecule has 0 bridgehead atoms. The highest BCUT2D eigenvalue weighted by Gasteiger charge is 2.25. The van der Waals surface area contributed by atoms with Crippen molar-refractivity contribution in [3.63, 3.8) is 0 Å². The maximum atomic E-state index is 13.3. The summed E-state index contributed by atoms with van der Waals surface area (Å²) >= 11 is 5.59. The van der Waals surface area contributed by atoms with E-state index in [1.807, 2.05) is 0 Å². The Kier molecular flexibility index (Phi) is 9.75. The number of carbonyl (C=O) groups excluding carboxylic acids is 5. The summed E-state index contributed by atoms with van der Waals surface area (Å²) in [7, 11) is 6.12. The summed E-state index contributed by atoms with van der Waals surface area (Å²) < 4.78 is 0. The lowest BCUT2D eigenvalue weighted by molar-refractivity contribution is -0.112. The molecule has 4 aromatic heterocycles. The second-order valence-electron chi connectivity index (χ2n) is 10.6. The van der Waals surface area contributed by atoms with Gasteiger partial charge in [0, 0.05) is 53.0 Å². The van der Waals surface area contributed by atoms with Gasteiger partial charge in [0.1, 0.15) is 28.6 Å². The van der Waals surface area contributed by atoms with E-state index < -0.39 is 35.6 Å². The molecule has 0 saturated heterocycles. The third-order valence-electron chi connectivity index (χ3n) is 7.54. The minimum Gasteiger partial charge on any atom is -0.386 e. The number of nitrogens with two attached hydrogens (primary N) is 1. The van der Waals surface area contributed by atoms with Gasteiger partial charge >= 0.3 is 0 Å². The molecule has 17 heteroatoms. The standard InChI is InChI=1S/C30H34ClN11O5/c1-15(31)26(43)38-17-7-21(34-11-17)28(45)40(4)19-9-23(36-13-19)30(47)42(6)20-10-24(37-14-20)29(46)41(5)18-8-22(35-12-18)27(44)39(3)16(2)25(32)33/h7-14,16,34-37H,1H2,2-6H3,(H3,32,33)(H,38,43). The third kappa shape index (κ3) is 7.12. The van der Waals surface area contributed by atoms with E-state index in [1.165, 1.54) is 96.8 Å². The number of hydrogen-bond acceptors (Lipinski definition) is 6. The summed E-state index contributed by atoms with van der Waals surface area (Å²) in [5.74, 6) is -2.46.